The van der Waals surface area contributed by atoms with Crippen LogP contribution in [0, 0.1) is 5.82 Å². The molecule has 0 atom stereocenters. The van der Waals surface area contributed by atoms with E-state index in [4.69, 9.17) is 9.95 Å². The molecule has 1 aliphatic heterocycles. The molecule has 0 bridgehead atoms. The Morgan fingerprint density at radius 1 is 0.973 bits per heavy atom. The fourth-order valence-corrected chi connectivity index (χ4v) is 4.57. The molecule has 9 heteroatoms. The second-order valence-corrected chi connectivity index (χ2v) is 9.09. The zero-order valence-corrected chi connectivity index (χ0v) is 19.8. The van der Waals surface area contributed by atoms with Crippen molar-refractivity contribution in [1.82, 2.24) is 4.90 Å². The van der Waals surface area contributed by atoms with Gasteiger partial charge in [-0.2, -0.15) is 0 Å². The number of carbonyl (C=O) groups excluding carboxylic acids is 1. The van der Waals surface area contributed by atoms with Crippen LogP contribution in [0.5, 0.6) is 0 Å². The van der Waals surface area contributed by atoms with Crippen LogP contribution < -0.4 is 0 Å². The van der Waals surface area contributed by atoms with Crippen molar-refractivity contribution < 1.29 is 22.4 Å². The van der Waals surface area contributed by atoms with E-state index in [9.17, 15) is 18.0 Å². The number of amides is 1. The first-order chi connectivity index (χ1) is 17.8. The maximum Gasteiger partial charge on any atom is 0.253 e. The van der Waals surface area contributed by atoms with E-state index >= 15 is 0 Å². The summed E-state index contributed by atoms with van der Waals surface area (Å²) >= 11 is 0. The van der Waals surface area contributed by atoms with Gasteiger partial charge in [-0.3, -0.25) is 4.79 Å². The normalized spacial score (nSPS) is 14.9. The number of likely N-dealkylation sites (tertiary alicyclic amines) is 1. The highest BCUT2D eigenvalue weighted by molar-refractivity contribution is 5.98. The maximum absolute atomic E-state index is 13.6. The van der Waals surface area contributed by atoms with Gasteiger partial charge in [-0.25, -0.2) is 13.2 Å². The molecule has 6 nitrogen and oxygen atoms in total. The Morgan fingerprint density at radius 3 is 2.32 bits per heavy atom. The lowest BCUT2D eigenvalue weighted by molar-refractivity contribution is -0.0494. The van der Waals surface area contributed by atoms with Gasteiger partial charge in [0.05, 0.1) is 0 Å². The highest BCUT2D eigenvalue weighted by Gasteiger charge is 2.35. The molecule has 1 fully saturated rings. The molecule has 0 unspecified atom stereocenters. The molecule has 0 radical (unpaired) electrons. The van der Waals surface area contributed by atoms with Crippen LogP contribution in [-0.2, 0) is 6.42 Å². The molecule has 0 aliphatic carbocycles. The molecule has 1 aliphatic rings. The summed E-state index contributed by atoms with van der Waals surface area (Å²) in [6.07, 6.45) is -0.201. The largest absolute Gasteiger partial charge is 0.460 e. The Kier molecular flexibility index (Phi) is 6.63. The number of furan rings is 1. The van der Waals surface area contributed by atoms with Crippen LogP contribution >= 0.6 is 0 Å². The highest BCUT2D eigenvalue weighted by atomic mass is 19.3. The third kappa shape index (κ3) is 5.32. The Hall–Kier alpha value is -4.23. The third-order valence-electron chi connectivity index (χ3n) is 6.59. The van der Waals surface area contributed by atoms with Crippen LogP contribution in [0.2, 0.25) is 0 Å². The molecule has 0 N–H and O–H groups in total. The monoisotopic (exact) mass is 504 g/mol. The first-order valence-electron chi connectivity index (χ1n) is 11.9. The van der Waals surface area contributed by atoms with Crippen molar-refractivity contribution >= 4 is 16.9 Å². The van der Waals surface area contributed by atoms with Crippen LogP contribution in [0.15, 0.2) is 76.3 Å². The molecule has 4 aromatic rings. The summed E-state index contributed by atoms with van der Waals surface area (Å²) < 4.78 is 46.6. The lowest BCUT2D eigenvalue weighted by Crippen LogP contribution is -2.42. The fourth-order valence-electron chi connectivity index (χ4n) is 4.57. The first-order valence-corrected chi connectivity index (χ1v) is 11.9. The van der Waals surface area contributed by atoms with Crippen molar-refractivity contribution in [3.05, 3.63) is 94.3 Å². The summed E-state index contributed by atoms with van der Waals surface area (Å²) in [6.45, 7) is 0.334. The zero-order valence-electron chi connectivity index (χ0n) is 19.8. The molecule has 3 aromatic carbocycles. The van der Waals surface area contributed by atoms with Crippen LogP contribution in [-0.4, -0.2) is 36.4 Å². The molecule has 0 saturated carbocycles. The predicted octanol–water partition coefficient (Wildman–Crippen LogP) is 7.63. The highest BCUT2D eigenvalue weighted by Crippen LogP contribution is 2.36. The summed E-state index contributed by atoms with van der Waals surface area (Å²) in [5.41, 5.74) is 12.9. The van der Waals surface area contributed by atoms with E-state index in [0.717, 1.165) is 27.6 Å². The average Bonchev–Trinajstić information content (AvgIpc) is 3.31. The van der Waals surface area contributed by atoms with Gasteiger partial charge in [-0.15, -0.1) is 0 Å². The minimum Gasteiger partial charge on any atom is -0.460 e. The van der Waals surface area contributed by atoms with Crippen LogP contribution in [0.4, 0.5) is 13.2 Å². The van der Waals surface area contributed by atoms with Crippen molar-refractivity contribution in [2.75, 3.05) is 19.6 Å². The van der Waals surface area contributed by atoms with E-state index in [1.165, 1.54) is 17.0 Å². The Labute approximate surface area is 210 Å². The minimum absolute atomic E-state index is 0.0355. The third-order valence-corrected chi connectivity index (χ3v) is 6.59. The smallest absolute Gasteiger partial charge is 0.253 e. The number of fused-ring (bicyclic) bond motifs is 1. The van der Waals surface area contributed by atoms with Gasteiger partial charge in [0.1, 0.15) is 17.2 Å². The quantitative estimate of drug-likeness (QED) is 0.154. The Balaban J connectivity index is 1.48. The van der Waals surface area contributed by atoms with E-state index in [-0.39, 0.29) is 44.2 Å². The SMILES string of the molecule is [N-]=[N+]=NCCc1cc2cc(-c3ccc(C(=O)N4CCC(F)(F)CC4)cc3)cc(-c3ccc(F)cc3)c2o1. The van der Waals surface area contributed by atoms with Crippen molar-refractivity contribution in [3.8, 4) is 22.3 Å². The average molecular weight is 505 g/mol. The molecule has 1 amide bonds. The molecule has 37 heavy (non-hydrogen) atoms. The molecule has 1 aromatic heterocycles. The molecule has 188 valence electrons. The van der Waals surface area contributed by atoms with Gasteiger partial charge >= 0.3 is 0 Å². The number of carbonyl (C=O) groups is 1. The zero-order chi connectivity index (χ0) is 26.0. The fraction of sp³-hybridized carbons (Fsp3) is 0.250. The predicted molar refractivity (Wildman–Crippen MR) is 135 cm³/mol. The van der Waals surface area contributed by atoms with Gasteiger partial charge in [-0.1, -0.05) is 29.4 Å². The number of azide groups is 1. The summed E-state index contributed by atoms with van der Waals surface area (Å²) in [6, 6.07) is 19.0. The number of rotatable bonds is 6. The van der Waals surface area contributed by atoms with Crippen LogP contribution in [0.1, 0.15) is 29.0 Å². The topological polar surface area (TPSA) is 82.2 Å². The van der Waals surface area contributed by atoms with Gasteiger partial charge in [0.25, 0.3) is 11.8 Å². The van der Waals surface area contributed by atoms with Crippen molar-refractivity contribution in [2.24, 2.45) is 5.11 Å². The van der Waals surface area contributed by atoms with Crippen molar-refractivity contribution in [3.63, 3.8) is 0 Å². The first kappa shape index (κ1) is 24.5. The van der Waals surface area contributed by atoms with Gasteiger partial charge in [0.2, 0.25) is 0 Å². The van der Waals surface area contributed by atoms with E-state index in [2.05, 4.69) is 10.0 Å². The van der Waals surface area contributed by atoms with Crippen LogP contribution in [0.3, 0.4) is 0 Å². The standard InChI is InChI=1S/C28H23F3N4O2/c29-23-7-5-19(6-8-23)25-17-21(15-22-16-24(37-26(22)25)9-12-33-34-32)18-1-3-20(4-2-18)27(36)35-13-10-28(30,31)11-14-35/h1-8,15-17H,9-14H2. The van der Waals surface area contributed by atoms with E-state index < -0.39 is 5.92 Å². The molecule has 5 rings (SSSR count). The second-order valence-electron chi connectivity index (χ2n) is 9.09. The molecule has 0 spiro atoms. The van der Waals surface area contributed by atoms with Gasteiger partial charge in [0, 0.05) is 60.3 Å². The summed E-state index contributed by atoms with van der Waals surface area (Å²) in [5, 5.41) is 4.40. The second kappa shape index (κ2) is 10.0. The molecular weight excluding hydrogens is 481 g/mol. The van der Waals surface area contributed by atoms with Crippen molar-refractivity contribution in [2.45, 2.75) is 25.2 Å². The van der Waals surface area contributed by atoms with E-state index in [1.54, 1.807) is 24.3 Å². The number of hydrogen-bond donors (Lipinski definition) is 0. The molecular formula is C28H23F3N4O2. The van der Waals surface area contributed by atoms with Gasteiger partial charge in [0.15, 0.2) is 0 Å². The number of benzene rings is 3. The molecule has 1 saturated heterocycles. The minimum atomic E-state index is -2.71. The maximum atomic E-state index is 13.6. The summed E-state index contributed by atoms with van der Waals surface area (Å²) in [5.74, 6) is -2.65. The van der Waals surface area contributed by atoms with Crippen LogP contribution in [0.25, 0.3) is 43.7 Å². The van der Waals surface area contributed by atoms with Crippen molar-refractivity contribution in [1.29, 1.82) is 0 Å². The number of alkyl halides is 2. The van der Waals surface area contributed by atoms with Gasteiger partial charge in [-0.05, 0) is 64.7 Å². The summed E-state index contributed by atoms with van der Waals surface area (Å²) in [7, 11) is 0. The number of piperidine rings is 1. The lowest BCUT2D eigenvalue weighted by Gasteiger charge is -2.31. The van der Waals surface area contributed by atoms with E-state index in [0.29, 0.717) is 23.3 Å². The molecule has 2 heterocycles. The number of nitrogens with zero attached hydrogens (tertiary/aromatic N) is 4. The lowest BCUT2D eigenvalue weighted by atomic mass is 9.96. The Bertz CT molecular complexity index is 1480. The number of hydrogen-bond acceptors (Lipinski definition) is 3. The van der Waals surface area contributed by atoms with E-state index in [1.807, 2.05) is 30.3 Å². The summed E-state index contributed by atoms with van der Waals surface area (Å²) in [4.78, 5) is 17.1. The Morgan fingerprint density at radius 2 is 1.65 bits per heavy atom. The van der Waals surface area contributed by atoms with Gasteiger partial charge < -0.3 is 9.32 Å². The number of halogens is 3.